The number of rotatable bonds is 4. The highest BCUT2D eigenvalue weighted by molar-refractivity contribution is 7.92. The molecule has 0 aromatic carbocycles. The Labute approximate surface area is 117 Å². The lowest BCUT2D eigenvalue weighted by Crippen LogP contribution is -2.56. The molecule has 4 saturated carbocycles. The van der Waals surface area contributed by atoms with E-state index in [9.17, 15) is 8.42 Å². The van der Waals surface area contributed by atoms with Gasteiger partial charge in [-0.25, -0.2) is 8.42 Å². The standard InChI is InChI=1S/C15H27NO2S/c1-10(2)19(17,18)9-14(16)15-6-11-3-12(7-15)5-13(4-11)8-15/h10-14H,3-9,16H2,1-2H3. The molecule has 0 aromatic rings. The van der Waals surface area contributed by atoms with Gasteiger partial charge < -0.3 is 5.73 Å². The van der Waals surface area contributed by atoms with Crippen LogP contribution in [0.15, 0.2) is 0 Å². The Morgan fingerprint density at radius 3 is 1.84 bits per heavy atom. The summed E-state index contributed by atoms with van der Waals surface area (Å²) in [6, 6.07) is -0.145. The average molecular weight is 285 g/mol. The Bertz CT molecular complexity index is 419. The second-order valence-electron chi connectivity index (χ2n) is 7.76. The summed E-state index contributed by atoms with van der Waals surface area (Å²) in [6.07, 6.45) is 7.70. The number of sulfone groups is 1. The summed E-state index contributed by atoms with van der Waals surface area (Å²) in [5.74, 6) is 2.69. The molecule has 110 valence electrons. The maximum atomic E-state index is 12.2. The summed E-state index contributed by atoms with van der Waals surface area (Å²) in [6.45, 7) is 3.53. The number of hydrogen-bond donors (Lipinski definition) is 1. The van der Waals surface area contributed by atoms with Crippen molar-refractivity contribution in [2.75, 3.05) is 5.75 Å². The van der Waals surface area contributed by atoms with E-state index in [1.54, 1.807) is 13.8 Å². The molecule has 0 spiro atoms. The molecule has 4 aliphatic carbocycles. The smallest absolute Gasteiger partial charge is 0.154 e. The Kier molecular flexibility index (Phi) is 3.25. The first-order valence-electron chi connectivity index (χ1n) is 7.78. The van der Waals surface area contributed by atoms with Crippen molar-refractivity contribution in [3.8, 4) is 0 Å². The average Bonchev–Trinajstić information content (AvgIpc) is 2.26. The fourth-order valence-corrected chi connectivity index (χ4v) is 6.49. The van der Waals surface area contributed by atoms with Crippen LogP contribution in [-0.2, 0) is 9.84 Å². The van der Waals surface area contributed by atoms with Crippen LogP contribution in [0, 0.1) is 23.2 Å². The molecule has 4 rings (SSSR count). The molecule has 0 aliphatic heterocycles. The van der Waals surface area contributed by atoms with Gasteiger partial charge in [0.05, 0.1) is 11.0 Å². The highest BCUT2D eigenvalue weighted by atomic mass is 32.2. The summed E-state index contributed by atoms with van der Waals surface area (Å²) in [7, 11) is -3.02. The molecule has 0 aromatic heterocycles. The van der Waals surface area contributed by atoms with Crippen molar-refractivity contribution in [1.82, 2.24) is 0 Å². The van der Waals surface area contributed by atoms with E-state index < -0.39 is 9.84 Å². The van der Waals surface area contributed by atoms with Crippen molar-refractivity contribution in [1.29, 1.82) is 0 Å². The Hall–Kier alpha value is -0.0900. The van der Waals surface area contributed by atoms with Gasteiger partial charge in [0, 0.05) is 6.04 Å². The highest BCUT2D eigenvalue weighted by Gasteiger charge is 2.53. The molecular formula is C15H27NO2S. The van der Waals surface area contributed by atoms with Gasteiger partial charge in [0.25, 0.3) is 0 Å². The van der Waals surface area contributed by atoms with Crippen molar-refractivity contribution in [3.05, 3.63) is 0 Å². The van der Waals surface area contributed by atoms with Crippen LogP contribution in [0.2, 0.25) is 0 Å². The zero-order chi connectivity index (χ0) is 13.8. The summed E-state index contributed by atoms with van der Waals surface area (Å²) in [4.78, 5) is 0. The first-order valence-corrected chi connectivity index (χ1v) is 9.49. The van der Waals surface area contributed by atoms with Crippen LogP contribution in [0.3, 0.4) is 0 Å². The van der Waals surface area contributed by atoms with Gasteiger partial charge in [-0.05, 0) is 75.5 Å². The van der Waals surface area contributed by atoms with Crippen LogP contribution in [0.4, 0.5) is 0 Å². The lowest BCUT2D eigenvalue weighted by molar-refractivity contribution is -0.0632. The van der Waals surface area contributed by atoms with Gasteiger partial charge in [-0.15, -0.1) is 0 Å². The van der Waals surface area contributed by atoms with Gasteiger partial charge in [-0.2, -0.15) is 0 Å². The Balaban J connectivity index is 1.78. The van der Waals surface area contributed by atoms with Crippen molar-refractivity contribution >= 4 is 9.84 Å². The zero-order valence-corrected chi connectivity index (χ0v) is 13.0. The molecule has 19 heavy (non-hydrogen) atoms. The topological polar surface area (TPSA) is 60.2 Å². The molecule has 0 saturated heterocycles. The molecule has 4 heteroatoms. The first-order chi connectivity index (χ1) is 8.81. The molecule has 1 atom stereocenters. The van der Waals surface area contributed by atoms with Gasteiger partial charge in [-0.1, -0.05) is 0 Å². The van der Waals surface area contributed by atoms with E-state index in [1.165, 1.54) is 38.5 Å². The van der Waals surface area contributed by atoms with Crippen LogP contribution in [0.5, 0.6) is 0 Å². The van der Waals surface area contributed by atoms with E-state index in [0.29, 0.717) is 0 Å². The van der Waals surface area contributed by atoms with Crippen LogP contribution in [0.1, 0.15) is 52.4 Å². The Morgan fingerprint density at radius 1 is 1.05 bits per heavy atom. The summed E-state index contributed by atoms with van der Waals surface area (Å²) < 4.78 is 24.3. The van der Waals surface area contributed by atoms with Crippen molar-refractivity contribution in [3.63, 3.8) is 0 Å². The maximum Gasteiger partial charge on any atom is 0.154 e. The first kappa shape index (κ1) is 13.9. The molecule has 4 bridgehead atoms. The maximum absolute atomic E-state index is 12.2. The quantitative estimate of drug-likeness (QED) is 0.862. The third kappa shape index (κ3) is 2.35. The van der Waals surface area contributed by atoms with E-state index in [2.05, 4.69) is 0 Å². The fourth-order valence-electron chi connectivity index (χ4n) is 5.25. The third-order valence-corrected chi connectivity index (χ3v) is 8.26. The monoisotopic (exact) mass is 285 g/mol. The predicted octanol–water partition coefficient (Wildman–Crippen LogP) is 2.35. The molecule has 2 N–H and O–H groups in total. The second kappa shape index (κ2) is 4.45. The van der Waals surface area contributed by atoms with Crippen LogP contribution in [-0.4, -0.2) is 25.5 Å². The fraction of sp³-hybridized carbons (Fsp3) is 1.00. The zero-order valence-electron chi connectivity index (χ0n) is 12.1. The molecule has 0 amide bonds. The van der Waals surface area contributed by atoms with Gasteiger partial charge in [0.2, 0.25) is 0 Å². The van der Waals surface area contributed by atoms with Crippen LogP contribution >= 0.6 is 0 Å². The predicted molar refractivity (Wildman–Crippen MR) is 77.5 cm³/mol. The van der Waals surface area contributed by atoms with Gasteiger partial charge in [0.1, 0.15) is 0 Å². The van der Waals surface area contributed by atoms with E-state index in [0.717, 1.165) is 17.8 Å². The minimum atomic E-state index is -3.02. The lowest BCUT2D eigenvalue weighted by atomic mass is 9.48. The normalized spacial score (nSPS) is 42.8. The van der Waals surface area contributed by atoms with E-state index in [4.69, 9.17) is 5.73 Å². The van der Waals surface area contributed by atoms with Crippen molar-refractivity contribution in [2.24, 2.45) is 28.9 Å². The summed E-state index contributed by atoms with van der Waals surface area (Å²) in [5, 5.41) is -0.299. The SMILES string of the molecule is CC(C)S(=O)(=O)CC(N)C12CC3CC(CC(C3)C1)C2. The molecule has 4 fully saturated rings. The largest absolute Gasteiger partial charge is 0.326 e. The van der Waals surface area contributed by atoms with Crippen LogP contribution < -0.4 is 5.73 Å². The van der Waals surface area contributed by atoms with Gasteiger partial charge in [0.15, 0.2) is 9.84 Å². The van der Waals surface area contributed by atoms with E-state index >= 15 is 0 Å². The van der Waals surface area contributed by atoms with Crippen molar-refractivity contribution in [2.45, 2.75) is 63.7 Å². The molecule has 3 nitrogen and oxygen atoms in total. The summed E-state index contributed by atoms with van der Waals surface area (Å²) >= 11 is 0. The van der Waals surface area contributed by atoms with Crippen molar-refractivity contribution < 1.29 is 8.42 Å². The minimum Gasteiger partial charge on any atom is -0.326 e. The minimum absolute atomic E-state index is 0.145. The number of hydrogen-bond acceptors (Lipinski definition) is 3. The third-order valence-electron chi connectivity index (χ3n) is 6.00. The Morgan fingerprint density at radius 2 is 1.47 bits per heavy atom. The van der Waals surface area contributed by atoms with E-state index in [1.807, 2.05) is 0 Å². The molecule has 1 unspecified atom stereocenters. The number of nitrogens with two attached hydrogens (primary N) is 1. The van der Waals surface area contributed by atoms with Crippen LogP contribution in [0.25, 0.3) is 0 Å². The lowest BCUT2D eigenvalue weighted by Gasteiger charge is -2.59. The summed E-state index contributed by atoms with van der Waals surface area (Å²) in [5.41, 5.74) is 6.57. The van der Waals surface area contributed by atoms with E-state index in [-0.39, 0.29) is 22.5 Å². The van der Waals surface area contributed by atoms with Gasteiger partial charge >= 0.3 is 0 Å². The van der Waals surface area contributed by atoms with Gasteiger partial charge in [-0.3, -0.25) is 0 Å². The second-order valence-corrected chi connectivity index (χ2v) is 10.4. The molecule has 0 radical (unpaired) electrons. The molecule has 4 aliphatic rings. The highest BCUT2D eigenvalue weighted by Crippen LogP contribution is 2.61. The molecular weight excluding hydrogens is 258 g/mol. The molecule has 0 heterocycles.